The summed E-state index contributed by atoms with van der Waals surface area (Å²) in [5.41, 5.74) is 0.318. The third kappa shape index (κ3) is 5.24. The van der Waals surface area contributed by atoms with Crippen molar-refractivity contribution in [1.82, 2.24) is 10.3 Å². The molecular weight excluding hydrogens is 404 g/mol. The number of aliphatic hydroxyl groups excluding tert-OH is 1. The van der Waals surface area contributed by atoms with E-state index in [1.807, 2.05) is 0 Å². The van der Waals surface area contributed by atoms with Crippen molar-refractivity contribution < 1.29 is 19.4 Å². The molecule has 2 fully saturated rings. The highest BCUT2D eigenvalue weighted by Gasteiger charge is 2.27. The minimum atomic E-state index is -0.525. The molecule has 2 aliphatic rings. The Morgan fingerprint density at radius 1 is 1.10 bits per heavy atom. The molecule has 1 aromatic heterocycles. The smallest absolute Gasteiger partial charge is 0.257 e. The monoisotopic (exact) mass is 430 g/mol. The van der Waals surface area contributed by atoms with Crippen molar-refractivity contribution in [1.29, 1.82) is 0 Å². The second-order valence-electron chi connectivity index (χ2n) is 8.12. The van der Waals surface area contributed by atoms with Gasteiger partial charge in [0.15, 0.2) is 0 Å². The number of nitrogens with zero attached hydrogens (tertiary/aromatic N) is 1. The third-order valence-electron chi connectivity index (χ3n) is 5.85. The molecule has 2 aromatic rings. The summed E-state index contributed by atoms with van der Waals surface area (Å²) in [5.74, 6) is 1.54. The highest BCUT2D eigenvalue weighted by molar-refractivity contribution is 6.30. The van der Waals surface area contributed by atoms with Crippen LogP contribution in [0.15, 0.2) is 36.5 Å². The van der Waals surface area contributed by atoms with Crippen LogP contribution in [0.5, 0.6) is 17.4 Å². The highest BCUT2D eigenvalue weighted by Crippen LogP contribution is 2.30. The van der Waals surface area contributed by atoms with Gasteiger partial charge in [-0.25, -0.2) is 4.98 Å². The van der Waals surface area contributed by atoms with E-state index in [0.29, 0.717) is 46.9 Å². The summed E-state index contributed by atoms with van der Waals surface area (Å²) in [6.45, 7) is 0.552. The topological polar surface area (TPSA) is 80.7 Å². The molecule has 2 N–H and O–H groups in total. The second-order valence-corrected chi connectivity index (χ2v) is 8.56. The number of ether oxygens (including phenoxy) is 2. The van der Waals surface area contributed by atoms with Crippen LogP contribution in [0, 0.1) is 5.92 Å². The zero-order valence-corrected chi connectivity index (χ0v) is 17.6. The lowest BCUT2D eigenvalue weighted by Gasteiger charge is -2.29. The number of pyridine rings is 1. The molecule has 2 atom stereocenters. The van der Waals surface area contributed by atoms with Gasteiger partial charge in [-0.15, -0.1) is 0 Å². The average molecular weight is 431 g/mol. The van der Waals surface area contributed by atoms with Gasteiger partial charge in [0.1, 0.15) is 17.1 Å². The molecular formula is C23H27ClN2O4. The van der Waals surface area contributed by atoms with Gasteiger partial charge in [0.25, 0.3) is 5.91 Å². The van der Waals surface area contributed by atoms with E-state index in [9.17, 15) is 9.90 Å². The number of carbonyl (C=O) groups is 1. The van der Waals surface area contributed by atoms with Gasteiger partial charge in [0, 0.05) is 11.1 Å². The minimum absolute atomic E-state index is 0.258. The molecule has 6 nitrogen and oxygen atoms in total. The summed E-state index contributed by atoms with van der Waals surface area (Å²) in [4.78, 5) is 17.4. The van der Waals surface area contributed by atoms with Gasteiger partial charge in [-0.3, -0.25) is 4.79 Å². The highest BCUT2D eigenvalue weighted by atomic mass is 35.5. The van der Waals surface area contributed by atoms with E-state index in [1.54, 1.807) is 36.5 Å². The van der Waals surface area contributed by atoms with Crippen molar-refractivity contribution in [3.8, 4) is 17.4 Å². The summed E-state index contributed by atoms with van der Waals surface area (Å²) in [7, 11) is 0. The second kappa shape index (κ2) is 9.67. The number of carbonyl (C=O) groups excluding carboxylic acids is 1. The van der Waals surface area contributed by atoms with E-state index < -0.39 is 6.10 Å². The van der Waals surface area contributed by atoms with Gasteiger partial charge in [0.05, 0.1) is 24.9 Å². The lowest BCUT2D eigenvalue weighted by molar-refractivity contribution is 0.0712. The molecule has 0 bridgehead atoms. The van der Waals surface area contributed by atoms with Crippen LogP contribution in [0.4, 0.5) is 0 Å². The zero-order chi connectivity index (χ0) is 20.9. The zero-order valence-electron chi connectivity index (χ0n) is 16.9. The van der Waals surface area contributed by atoms with Gasteiger partial charge < -0.3 is 19.9 Å². The fourth-order valence-corrected chi connectivity index (χ4v) is 3.91. The van der Waals surface area contributed by atoms with Crippen LogP contribution >= 0.6 is 11.6 Å². The van der Waals surface area contributed by atoms with E-state index >= 15 is 0 Å². The van der Waals surface area contributed by atoms with Crippen LogP contribution in [0.3, 0.4) is 0 Å². The molecule has 0 spiro atoms. The Bertz CT molecular complexity index is 870. The largest absolute Gasteiger partial charge is 0.477 e. The number of halogens is 1. The quantitative estimate of drug-likeness (QED) is 0.663. The first kappa shape index (κ1) is 20.9. The molecule has 0 unspecified atom stereocenters. The van der Waals surface area contributed by atoms with Gasteiger partial charge >= 0.3 is 0 Å². The Hall–Kier alpha value is -2.31. The molecule has 160 valence electrons. The van der Waals surface area contributed by atoms with E-state index in [2.05, 4.69) is 10.3 Å². The Labute approximate surface area is 181 Å². The summed E-state index contributed by atoms with van der Waals surface area (Å²) < 4.78 is 11.7. The SMILES string of the molecule is O=C(N[C@@H]1CCCC[C@H]1O)c1cc(Oc2ccc(Cl)cc2)cnc1OCC1CCC1. The first-order valence-electron chi connectivity index (χ1n) is 10.6. The molecule has 0 saturated heterocycles. The minimum Gasteiger partial charge on any atom is -0.477 e. The van der Waals surface area contributed by atoms with Crippen molar-refractivity contribution in [2.24, 2.45) is 5.92 Å². The molecule has 1 heterocycles. The molecule has 0 aliphatic heterocycles. The van der Waals surface area contributed by atoms with Gasteiger partial charge in [-0.1, -0.05) is 30.9 Å². The van der Waals surface area contributed by atoms with E-state index in [0.717, 1.165) is 32.1 Å². The maximum atomic E-state index is 13.0. The standard InChI is InChI=1S/C23H27ClN2O4/c24-16-8-10-17(11-9-16)30-18-12-19(22(28)26-20-6-1-2-7-21(20)27)23(25-13-18)29-14-15-4-3-5-15/h8-13,15,20-21,27H,1-7,14H2,(H,26,28)/t20-,21-/m1/s1. The number of rotatable bonds is 7. The first-order chi connectivity index (χ1) is 14.6. The van der Waals surface area contributed by atoms with Crippen molar-refractivity contribution in [3.63, 3.8) is 0 Å². The normalized spacial score (nSPS) is 21.5. The Morgan fingerprint density at radius 2 is 1.87 bits per heavy atom. The van der Waals surface area contributed by atoms with E-state index in [-0.39, 0.29) is 11.9 Å². The molecule has 0 radical (unpaired) electrons. The van der Waals surface area contributed by atoms with Crippen LogP contribution in [0.25, 0.3) is 0 Å². The Balaban J connectivity index is 1.52. The molecule has 1 amide bonds. The van der Waals surface area contributed by atoms with Gasteiger partial charge in [-0.2, -0.15) is 0 Å². The van der Waals surface area contributed by atoms with Crippen molar-refractivity contribution in [3.05, 3.63) is 47.1 Å². The maximum absolute atomic E-state index is 13.0. The number of hydrogen-bond donors (Lipinski definition) is 2. The van der Waals surface area contributed by atoms with Crippen LogP contribution < -0.4 is 14.8 Å². The summed E-state index contributed by atoms with van der Waals surface area (Å²) in [6, 6.07) is 8.36. The summed E-state index contributed by atoms with van der Waals surface area (Å²) >= 11 is 5.93. The number of benzene rings is 1. The number of aromatic nitrogens is 1. The lowest BCUT2D eigenvalue weighted by Crippen LogP contribution is -2.45. The molecule has 1 aromatic carbocycles. The summed E-state index contributed by atoms with van der Waals surface area (Å²) in [5, 5.41) is 13.8. The number of hydrogen-bond acceptors (Lipinski definition) is 5. The lowest BCUT2D eigenvalue weighted by atomic mass is 9.86. The van der Waals surface area contributed by atoms with Gasteiger partial charge in [-0.05, 0) is 55.9 Å². The predicted octanol–water partition coefficient (Wildman–Crippen LogP) is 4.74. The number of aliphatic hydroxyl groups is 1. The molecule has 7 heteroatoms. The Morgan fingerprint density at radius 3 is 2.57 bits per heavy atom. The van der Waals surface area contributed by atoms with E-state index in [4.69, 9.17) is 21.1 Å². The molecule has 4 rings (SSSR count). The first-order valence-corrected chi connectivity index (χ1v) is 11.0. The van der Waals surface area contributed by atoms with E-state index in [1.165, 1.54) is 6.42 Å². The number of amides is 1. The van der Waals surface area contributed by atoms with Crippen LogP contribution in [0.2, 0.25) is 5.02 Å². The molecule has 2 saturated carbocycles. The number of nitrogens with one attached hydrogen (secondary N) is 1. The van der Waals surface area contributed by atoms with Crippen LogP contribution in [0.1, 0.15) is 55.3 Å². The maximum Gasteiger partial charge on any atom is 0.257 e. The fraction of sp³-hybridized carbons (Fsp3) is 0.478. The van der Waals surface area contributed by atoms with Gasteiger partial charge in [0.2, 0.25) is 5.88 Å². The molecule has 30 heavy (non-hydrogen) atoms. The average Bonchev–Trinajstić information content (AvgIpc) is 2.71. The summed E-state index contributed by atoms with van der Waals surface area (Å²) in [6.07, 6.45) is 7.98. The fourth-order valence-electron chi connectivity index (χ4n) is 3.79. The van der Waals surface area contributed by atoms with Crippen molar-refractivity contribution in [2.45, 2.75) is 57.1 Å². The van der Waals surface area contributed by atoms with Crippen LogP contribution in [-0.2, 0) is 0 Å². The molecule has 2 aliphatic carbocycles. The van der Waals surface area contributed by atoms with Crippen molar-refractivity contribution >= 4 is 17.5 Å². The third-order valence-corrected chi connectivity index (χ3v) is 6.10. The van der Waals surface area contributed by atoms with Crippen LogP contribution in [-0.4, -0.2) is 34.8 Å². The predicted molar refractivity (Wildman–Crippen MR) is 114 cm³/mol. The Kier molecular flexibility index (Phi) is 6.75. The van der Waals surface area contributed by atoms with Crippen molar-refractivity contribution in [2.75, 3.05) is 6.61 Å².